The summed E-state index contributed by atoms with van der Waals surface area (Å²) >= 11 is 0. The van der Waals surface area contributed by atoms with E-state index in [4.69, 9.17) is 15.2 Å². The monoisotopic (exact) mass is 171 g/mol. The van der Waals surface area contributed by atoms with E-state index in [1.807, 2.05) is 0 Å². The van der Waals surface area contributed by atoms with Crippen molar-refractivity contribution in [3.8, 4) is 0 Å². The second-order valence-corrected chi connectivity index (χ2v) is 4.18. The van der Waals surface area contributed by atoms with Crippen LogP contribution in [0.2, 0.25) is 0 Å². The predicted octanol–water partition coefficient (Wildman–Crippen LogP) is 0.875. The second kappa shape index (κ2) is 2.69. The van der Waals surface area contributed by atoms with Crippen LogP contribution in [0.1, 0.15) is 26.7 Å². The quantitative estimate of drug-likeness (QED) is 0.637. The molecule has 0 radical (unpaired) electrons. The van der Waals surface area contributed by atoms with E-state index in [-0.39, 0.29) is 18.0 Å². The summed E-state index contributed by atoms with van der Waals surface area (Å²) in [4.78, 5) is 0. The summed E-state index contributed by atoms with van der Waals surface area (Å²) in [5.74, 6) is 0.523. The lowest BCUT2D eigenvalue weighted by Gasteiger charge is -2.32. The van der Waals surface area contributed by atoms with E-state index >= 15 is 0 Å². The van der Waals surface area contributed by atoms with E-state index in [0.29, 0.717) is 12.5 Å². The fraction of sp³-hybridized carbons (Fsp3) is 1.00. The summed E-state index contributed by atoms with van der Waals surface area (Å²) in [6, 6.07) is 0. The first-order valence-electron chi connectivity index (χ1n) is 4.69. The molecule has 2 rings (SSSR count). The highest BCUT2D eigenvalue weighted by Crippen LogP contribution is 2.42. The third-order valence-corrected chi connectivity index (χ3v) is 3.14. The normalized spacial score (nSPS) is 52.8. The lowest BCUT2D eigenvalue weighted by molar-refractivity contribution is -0.143. The van der Waals surface area contributed by atoms with Gasteiger partial charge in [-0.3, -0.25) is 0 Å². The highest BCUT2D eigenvalue weighted by molar-refractivity contribution is 4.95. The van der Waals surface area contributed by atoms with E-state index in [0.717, 1.165) is 6.42 Å². The van der Waals surface area contributed by atoms with Crippen LogP contribution in [0, 0.1) is 5.92 Å². The molecule has 3 nitrogen and oxygen atoms in total. The Balaban J connectivity index is 2.15. The van der Waals surface area contributed by atoms with Crippen molar-refractivity contribution in [2.24, 2.45) is 11.7 Å². The van der Waals surface area contributed by atoms with Gasteiger partial charge in [-0.1, -0.05) is 6.92 Å². The van der Waals surface area contributed by atoms with Crippen molar-refractivity contribution in [2.75, 3.05) is 6.54 Å². The van der Waals surface area contributed by atoms with Crippen LogP contribution in [-0.2, 0) is 9.47 Å². The largest absolute Gasteiger partial charge is 0.345 e. The zero-order valence-corrected chi connectivity index (χ0v) is 7.75. The van der Waals surface area contributed by atoms with Crippen molar-refractivity contribution in [1.29, 1.82) is 0 Å². The van der Waals surface area contributed by atoms with Crippen molar-refractivity contribution >= 4 is 0 Å². The van der Waals surface area contributed by atoms with Gasteiger partial charge in [0.15, 0.2) is 6.29 Å². The minimum atomic E-state index is -0.105. The van der Waals surface area contributed by atoms with Crippen molar-refractivity contribution in [3.63, 3.8) is 0 Å². The van der Waals surface area contributed by atoms with Crippen molar-refractivity contribution in [1.82, 2.24) is 0 Å². The number of fused-ring (bicyclic) bond motifs is 2. The molecular weight excluding hydrogens is 154 g/mol. The van der Waals surface area contributed by atoms with E-state index in [1.54, 1.807) is 0 Å². The first-order valence-corrected chi connectivity index (χ1v) is 4.69. The zero-order valence-electron chi connectivity index (χ0n) is 7.75. The molecule has 4 unspecified atom stereocenters. The Labute approximate surface area is 73.2 Å². The van der Waals surface area contributed by atoms with E-state index in [2.05, 4.69) is 13.8 Å². The molecule has 2 fully saturated rings. The highest BCUT2D eigenvalue weighted by Gasteiger charge is 2.50. The van der Waals surface area contributed by atoms with Crippen molar-refractivity contribution < 1.29 is 9.47 Å². The SMILES string of the molecule is CC1CCC2(C)OC1OC2CN. The van der Waals surface area contributed by atoms with Crippen LogP contribution >= 0.6 is 0 Å². The number of hydrogen-bond donors (Lipinski definition) is 1. The maximum Gasteiger partial charge on any atom is 0.161 e. The van der Waals surface area contributed by atoms with Gasteiger partial charge in [-0.25, -0.2) is 0 Å². The van der Waals surface area contributed by atoms with Gasteiger partial charge in [0.05, 0.1) is 5.60 Å². The van der Waals surface area contributed by atoms with Gasteiger partial charge in [0.2, 0.25) is 0 Å². The highest BCUT2D eigenvalue weighted by atomic mass is 16.7. The fourth-order valence-corrected chi connectivity index (χ4v) is 2.10. The van der Waals surface area contributed by atoms with Gasteiger partial charge in [-0.05, 0) is 19.8 Å². The van der Waals surface area contributed by atoms with Crippen LogP contribution in [0.3, 0.4) is 0 Å². The zero-order chi connectivity index (χ0) is 8.77. The van der Waals surface area contributed by atoms with E-state index in [1.165, 1.54) is 6.42 Å². The second-order valence-electron chi connectivity index (χ2n) is 4.18. The van der Waals surface area contributed by atoms with Crippen LogP contribution in [0.5, 0.6) is 0 Å². The Kier molecular flexibility index (Phi) is 1.90. The molecule has 3 heteroatoms. The van der Waals surface area contributed by atoms with Crippen LogP contribution in [0.15, 0.2) is 0 Å². The minimum absolute atomic E-state index is 0.00250. The van der Waals surface area contributed by atoms with E-state index < -0.39 is 0 Å². The maximum atomic E-state index is 5.80. The molecular formula is C9H17NO2. The summed E-state index contributed by atoms with van der Waals surface area (Å²) in [7, 11) is 0. The summed E-state index contributed by atoms with van der Waals surface area (Å²) in [5.41, 5.74) is 5.51. The van der Waals surface area contributed by atoms with E-state index in [9.17, 15) is 0 Å². The van der Waals surface area contributed by atoms with Crippen molar-refractivity contribution in [3.05, 3.63) is 0 Å². The molecule has 4 atom stereocenters. The fourth-order valence-electron chi connectivity index (χ4n) is 2.10. The van der Waals surface area contributed by atoms with Crippen LogP contribution in [0.25, 0.3) is 0 Å². The number of rotatable bonds is 1. The molecule has 12 heavy (non-hydrogen) atoms. The molecule has 0 aromatic rings. The summed E-state index contributed by atoms with van der Waals surface area (Å²) in [6.45, 7) is 4.85. The molecule has 0 amide bonds. The predicted molar refractivity (Wildman–Crippen MR) is 45.6 cm³/mol. The van der Waals surface area contributed by atoms with Crippen LogP contribution < -0.4 is 5.73 Å². The Hall–Kier alpha value is -0.120. The number of hydrogen-bond acceptors (Lipinski definition) is 3. The standard InChI is InChI=1S/C9H17NO2/c1-6-3-4-9(2)7(5-10)11-8(6)12-9/h6-8H,3-5,10H2,1-2H3. The summed E-state index contributed by atoms with van der Waals surface area (Å²) in [6.07, 6.45) is 2.37. The molecule has 2 saturated heterocycles. The number of ether oxygens (including phenoxy) is 2. The Bertz CT molecular complexity index is 185. The van der Waals surface area contributed by atoms with Crippen LogP contribution in [-0.4, -0.2) is 24.5 Å². The number of nitrogens with two attached hydrogens (primary N) is 1. The maximum absolute atomic E-state index is 5.80. The average molecular weight is 171 g/mol. The molecule has 0 aromatic heterocycles. The third-order valence-electron chi connectivity index (χ3n) is 3.14. The summed E-state index contributed by atoms with van der Waals surface area (Å²) < 4.78 is 11.5. The first kappa shape index (κ1) is 8.48. The van der Waals surface area contributed by atoms with Gasteiger partial charge in [0.25, 0.3) is 0 Å². The van der Waals surface area contributed by atoms with Gasteiger partial charge in [0.1, 0.15) is 6.10 Å². The van der Waals surface area contributed by atoms with Crippen LogP contribution in [0.4, 0.5) is 0 Å². The smallest absolute Gasteiger partial charge is 0.161 e. The lowest BCUT2D eigenvalue weighted by Crippen LogP contribution is -2.42. The third kappa shape index (κ3) is 1.08. The molecule has 0 saturated carbocycles. The minimum Gasteiger partial charge on any atom is -0.345 e. The van der Waals surface area contributed by atoms with Gasteiger partial charge in [-0.2, -0.15) is 0 Å². The Morgan fingerprint density at radius 3 is 2.92 bits per heavy atom. The van der Waals surface area contributed by atoms with Gasteiger partial charge in [-0.15, -0.1) is 0 Å². The van der Waals surface area contributed by atoms with Gasteiger partial charge < -0.3 is 15.2 Å². The molecule has 0 aliphatic carbocycles. The molecule has 0 aromatic carbocycles. The molecule has 2 aliphatic rings. The molecule has 2 N–H and O–H groups in total. The molecule has 0 spiro atoms. The molecule has 2 aliphatic heterocycles. The summed E-state index contributed by atoms with van der Waals surface area (Å²) in [5, 5.41) is 0. The Morgan fingerprint density at radius 1 is 1.58 bits per heavy atom. The molecule has 70 valence electrons. The Morgan fingerprint density at radius 2 is 2.33 bits per heavy atom. The molecule has 2 heterocycles. The first-order chi connectivity index (χ1) is 5.65. The molecule has 2 bridgehead atoms. The van der Waals surface area contributed by atoms with Gasteiger partial charge in [0, 0.05) is 12.5 Å². The lowest BCUT2D eigenvalue weighted by atomic mass is 9.88. The topological polar surface area (TPSA) is 44.5 Å². The van der Waals surface area contributed by atoms with Gasteiger partial charge >= 0.3 is 0 Å². The van der Waals surface area contributed by atoms with Crippen molar-refractivity contribution in [2.45, 2.75) is 44.7 Å². The average Bonchev–Trinajstić information content (AvgIpc) is 2.33.